The topological polar surface area (TPSA) is 121 Å². The van der Waals surface area contributed by atoms with Gasteiger partial charge in [0, 0.05) is 20.6 Å². The van der Waals surface area contributed by atoms with Crippen LogP contribution < -0.4 is 0 Å². The van der Waals surface area contributed by atoms with Gasteiger partial charge in [0.2, 0.25) is 0 Å². The molecule has 2 saturated carbocycles. The molecule has 4 heterocycles. The first kappa shape index (κ1) is 68.5. The van der Waals surface area contributed by atoms with E-state index in [1.807, 2.05) is 6.08 Å². The van der Waals surface area contributed by atoms with Crippen molar-refractivity contribution in [2.45, 2.75) is 339 Å². The summed E-state index contributed by atoms with van der Waals surface area (Å²) < 4.78 is 50.5. The van der Waals surface area contributed by atoms with Gasteiger partial charge in [-0.05, 0) is 156 Å². The summed E-state index contributed by atoms with van der Waals surface area (Å²) in [6, 6.07) is 0. The molecule has 0 radical (unpaired) electrons. The van der Waals surface area contributed by atoms with Crippen molar-refractivity contribution in [2.75, 3.05) is 27.4 Å². The fraction of sp³-hybridized carbons (Fsp3) is 0.833. The predicted molar refractivity (Wildman–Crippen MR) is 334 cm³/mol. The molecular formula is C72H120O10. The molecule has 6 fully saturated rings. The van der Waals surface area contributed by atoms with Crippen LogP contribution in [0.3, 0.4) is 0 Å². The van der Waals surface area contributed by atoms with Crippen LogP contribution in [0, 0.1) is 17.8 Å². The zero-order chi connectivity index (χ0) is 58.7. The first-order valence-corrected chi connectivity index (χ1v) is 34.1. The Balaban J connectivity index is 0.790. The van der Waals surface area contributed by atoms with E-state index in [-0.39, 0.29) is 82.8 Å². The highest BCUT2D eigenvalue weighted by Gasteiger charge is 2.74. The quantitative estimate of drug-likeness (QED) is 0.0252. The molecule has 10 heteroatoms. The molecule has 0 bridgehead atoms. The molecule has 4 aliphatic heterocycles. The van der Waals surface area contributed by atoms with E-state index in [4.69, 9.17) is 37.9 Å². The van der Waals surface area contributed by atoms with Crippen LogP contribution in [0.5, 0.6) is 0 Å². The minimum atomic E-state index is -0.334. The third kappa shape index (κ3) is 22.0. The molecule has 0 aromatic heterocycles. The first-order valence-electron chi connectivity index (χ1n) is 34.1. The Bertz CT molecular complexity index is 1990. The van der Waals surface area contributed by atoms with Gasteiger partial charge in [0.25, 0.3) is 0 Å². The van der Waals surface area contributed by atoms with E-state index in [0.29, 0.717) is 18.8 Å². The van der Waals surface area contributed by atoms with Gasteiger partial charge in [0.05, 0.1) is 43.7 Å². The Labute approximate surface area is 500 Å². The van der Waals surface area contributed by atoms with E-state index in [1.54, 1.807) is 14.2 Å². The van der Waals surface area contributed by atoms with E-state index in [9.17, 15) is 9.59 Å². The largest absolute Gasteiger partial charge is 0.460 e. The number of allylic oxidation sites excluding steroid dienone is 7. The molecule has 468 valence electrons. The number of ether oxygens (including phenoxy) is 8. The van der Waals surface area contributed by atoms with E-state index in [2.05, 4.69) is 91.0 Å². The lowest BCUT2D eigenvalue weighted by Gasteiger charge is -2.44. The maximum Gasteiger partial charge on any atom is 0.309 e. The van der Waals surface area contributed by atoms with Crippen molar-refractivity contribution in [2.24, 2.45) is 17.8 Å². The lowest BCUT2D eigenvalue weighted by molar-refractivity contribution is -0.173. The Morgan fingerprint density at radius 2 is 0.963 bits per heavy atom. The molecule has 0 N–H and O–H groups in total. The van der Waals surface area contributed by atoms with Gasteiger partial charge in [0.1, 0.15) is 46.8 Å². The Morgan fingerprint density at radius 3 is 1.45 bits per heavy atom. The number of methoxy groups -OCH3 is 2. The number of carbonyl (C=O) groups is 2. The van der Waals surface area contributed by atoms with E-state index >= 15 is 0 Å². The average Bonchev–Trinajstić information content (AvgIpc) is 1.70. The number of epoxide rings is 4. The van der Waals surface area contributed by atoms with Crippen LogP contribution in [0.4, 0.5) is 0 Å². The van der Waals surface area contributed by atoms with Crippen molar-refractivity contribution in [3.05, 3.63) is 59.8 Å². The van der Waals surface area contributed by atoms with Crippen LogP contribution in [0.25, 0.3) is 0 Å². The molecule has 13 atom stereocenters. The van der Waals surface area contributed by atoms with Crippen molar-refractivity contribution in [3.8, 4) is 0 Å². The van der Waals surface area contributed by atoms with Gasteiger partial charge < -0.3 is 37.9 Å². The van der Waals surface area contributed by atoms with Crippen LogP contribution in [-0.2, 0) is 47.5 Å². The zero-order valence-corrected chi connectivity index (χ0v) is 53.8. The number of carbonyl (C=O) groups excluding carboxylic acids is 2. The molecule has 4 saturated heterocycles. The monoisotopic (exact) mass is 1140 g/mol. The maximum absolute atomic E-state index is 13.4. The highest BCUT2D eigenvalue weighted by Crippen LogP contribution is 2.63. The van der Waals surface area contributed by atoms with Crippen molar-refractivity contribution in [1.82, 2.24) is 0 Å². The van der Waals surface area contributed by atoms with Gasteiger partial charge in [-0.2, -0.15) is 0 Å². The zero-order valence-electron chi connectivity index (χ0n) is 53.8. The maximum atomic E-state index is 13.4. The van der Waals surface area contributed by atoms with Gasteiger partial charge in [0.15, 0.2) is 0 Å². The van der Waals surface area contributed by atoms with Gasteiger partial charge in [-0.3, -0.25) is 9.59 Å². The number of unbranched alkanes of at least 4 members (excludes halogenated alkanes) is 22. The number of rotatable bonds is 45. The van der Waals surface area contributed by atoms with Crippen molar-refractivity contribution in [1.29, 1.82) is 0 Å². The third-order valence-electron chi connectivity index (χ3n) is 19.6. The van der Waals surface area contributed by atoms with Gasteiger partial charge in [-0.15, -0.1) is 0 Å². The van der Waals surface area contributed by atoms with Crippen molar-refractivity contribution < 1.29 is 47.5 Å². The lowest BCUT2D eigenvalue weighted by atomic mass is 9.65. The Hall–Kier alpha value is -2.60. The summed E-state index contributed by atoms with van der Waals surface area (Å²) in [7, 11) is 3.53. The minimum absolute atomic E-state index is 0.0395. The van der Waals surface area contributed by atoms with Gasteiger partial charge in [-0.1, -0.05) is 176 Å². The molecule has 0 amide bonds. The third-order valence-corrected chi connectivity index (χ3v) is 19.6. The normalized spacial score (nSPS) is 31.3. The van der Waals surface area contributed by atoms with Gasteiger partial charge >= 0.3 is 11.9 Å². The number of hydrogen-bond donors (Lipinski definition) is 0. The number of esters is 2. The standard InChI is InChI=1S/C72H120O10/c1-10-11-12-13-14-15-16-17-18-19-22-25-28-32-35-38-41-44-64(74)80-60-50-52-71(55-78-71)68(66(60)76-9)72(62(82-72)48-46-57(4)5)53-58(6)42-39-36-33-30-27-24-21-20-23-26-29-31-34-37-40-43-63(73)79-59-49-51-70(54-77-70)67(65(59)75-8)69(7)61(81-69)47-45-56(2)3/h14-15,27,30,37,40,45-46,58-62,65-68H,10-13,16-26,28-29,31-36,38-39,41-44,47-55H2,1-9H3/b15-14+,30-27+,40-37+/t58?,59-,60-,61-,62-,65-,66-,67-,68+,69+,70+,71+,72+/m1/s1. The molecule has 0 aromatic carbocycles. The SMILES string of the molecule is CCCCC/C=C/CCCCCCCCCCCCC(=O)O[C@@H]1CC[C@]2(CO2)[C@@H]([C@@]2(CC(C)CCCC/C=C/CCCCCCCC/C=C/CC(=O)O[C@@H]3CC[C@]4(CO4)[C@@H]([C@@]4(C)O[C@@H]4CC=C(C)C)[C@@H]3OC)O[C@@H]2CC=C(C)C)[C@@H]1OC. The fourth-order valence-corrected chi connectivity index (χ4v) is 14.6. The molecule has 2 spiro atoms. The predicted octanol–water partition coefficient (Wildman–Crippen LogP) is 18.2. The van der Waals surface area contributed by atoms with Crippen LogP contribution in [0.15, 0.2) is 59.8 Å². The summed E-state index contributed by atoms with van der Waals surface area (Å²) in [5.74, 6) is 0.321. The highest BCUT2D eigenvalue weighted by molar-refractivity contribution is 5.71. The second-order valence-corrected chi connectivity index (χ2v) is 27.1. The summed E-state index contributed by atoms with van der Waals surface area (Å²) in [4.78, 5) is 26.3. The summed E-state index contributed by atoms with van der Waals surface area (Å²) >= 11 is 0. The first-order chi connectivity index (χ1) is 39.8. The molecule has 6 aliphatic rings. The van der Waals surface area contributed by atoms with E-state index in [1.165, 1.54) is 146 Å². The molecule has 82 heavy (non-hydrogen) atoms. The van der Waals surface area contributed by atoms with Crippen molar-refractivity contribution in [3.63, 3.8) is 0 Å². The Kier molecular flexibility index (Phi) is 30.0. The van der Waals surface area contributed by atoms with Crippen LogP contribution >= 0.6 is 0 Å². The number of hydrogen-bond acceptors (Lipinski definition) is 10. The summed E-state index contributed by atoms with van der Waals surface area (Å²) in [6.07, 6.45) is 57.6. The molecule has 1 unspecified atom stereocenters. The molecule has 6 rings (SSSR count). The summed E-state index contributed by atoms with van der Waals surface area (Å²) in [6.45, 7) is 16.9. The van der Waals surface area contributed by atoms with Crippen molar-refractivity contribution >= 4 is 11.9 Å². The minimum Gasteiger partial charge on any atom is -0.460 e. The molecular weight excluding hydrogens is 1020 g/mol. The summed E-state index contributed by atoms with van der Waals surface area (Å²) in [5.41, 5.74) is 1.48. The molecule has 2 aliphatic carbocycles. The van der Waals surface area contributed by atoms with Crippen LogP contribution in [-0.4, -0.2) is 98.4 Å². The highest BCUT2D eigenvalue weighted by atomic mass is 16.6. The molecule has 0 aromatic rings. The Morgan fingerprint density at radius 1 is 0.537 bits per heavy atom. The smallest absolute Gasteiger partial charge is 0.309 e. The average molecular weight is 1150 g/mol. The van der Waals surface area contributed by atoms with Crippen LogP contribution in [0.2, 0.25) is 0 Å². The lowest BCUT2D eigenvalue weighted by Crippen LogP contribution is -2.56. The summed E-state index contributed by atoms with van der Waals surface area (Å²) in [5, 5.41) is 0. The van der Waals surface area contributed by atoms with Crippen LogP contribution in [0.1, 0.15) is 280 Å². The van der Waals surface area contributed by atoms with E-state index in [0.717, 1.165) is 96.7 Å². The van der Waals surface area contributed by atoms with Gasteiger partial charge in [-0.25, -0.2) is 0 Å². The second kappa shape index (κ2) is 35.9. The molecule has 10 nitrogen and oxygen atoms in total. The van der Waals surface area contributed by atoms with E-state index < -0.39 is 0 Å². The fourth-order valence-electron chi connectivity index (χ4n) is 14.6. The second-order valence-electron chi connectivity index (χ2n) is 27.1.